The lowest BCUT2D eigenvalue weighted by molar-refractivity contribution is -0.255. The number of aliphatic hydroxyl groups excluding tert-OH is 1. The number of hydrogen-bond acceptors (Lipinski definition) is 8. The SMILES string of the molecule is O=C(NCc1cccc(-c2ccc([C@H]3O[C@@H](CN4CCC5(CC4)OCCO5)C[C@@H](c4ccc(CO)cc4)O3)cc2)c1)Nc1ccc(Oc2ccccc2)cc1. The number of carbonyl (C=O) groups is 1. The van der Waals surface area contributed by atoms with Crippen molar-refractivity contribution in [2.75, 3.05) is 38.2 Å². The van der Waals surface area contributed by atoms with Crippen LogP contribution in [0.25, 0.3) is 11.1 Å². The summed E-state index contributed by atoms with van der Waals surface area (Å²) >= 11 is 0. The van der Waals surface area contributed by atoms with Crippen molar-refractivity contribution in [1.29, 1.82) is 0 Å². The Morgan fingerprint density at radius 3 is 2.18 bits per heavy atom. The van der Waals surface area contributed by atoms with Crippen molar-refractivity contribution in [1.82, 2.24) is 10.2 Å². The topological polar surface area (TPSA) is 111 Å². The molecule has 0 radical (unpaired) electrons. The number of para-hydroxylation sites is 1. The minimum atomic E-state index is -0.533. The minimum absolute atomic E-state index is 0.00670. The lowest BCUT2D eigenvalue weighted by atomic mass is 9.98. The van der Waals surface area contributed by atoms with Gasteiger partial charge in [-0.25, -0.2) is 4.79 Å². The van der Waals surface area contributed by atoms with Gasteiger partial charge >= 0.3 is 6.03 Å². The zero-order valence-electron chi connectivity index (χ0n) is 30.8. The van der Waals surface area contributed by atoms with Crippen LogP contribution in [0.15, 0.2) is 127 Å². The lowest BCUT2D eigenvalue weighted by Crippen LogP contribution is -2.48. The molecule has 8 rings (SSSR count). The van der Waals surface area contributed by atoms with Gasteiger partial charge in [0.25, 0.3) is 0 Å². The van der Waals surface area contributed by atoms with E-state index in [0.717, 1.165) is 78.0 Å². The van der Waals surface area contributed by atoms with Crippen LogP contribution in [0.3, 0.4) is 0 Å². The van der Waals surface area contributed by atoms with E-state index in [4.69, 9.17) is 23.7 Å². The van der Waals surface area contributed by atoms with Crippen molar-refractivity contribution in [3.63, 3.8) is 0 Å². The largest absolute Gasteiger partial charge is 0.457 e. The molecule has 3 aliphatic heterocycles. The Kier molecular flexibility index (Phi) is 11.5. The molecular weight excluding hydrogens is 695 g/mol. The van der Waals surface area contributed by atoms with Gasteiger partial charge < -0.3 is 44.3 Å². The van der Waals surface area contributed by atoms with Gasteiger partial charge in [-0.15, -0.1) is 0 Å². The predicted molar refractivity (Wildman–Crippen MR) is 209 cm³/mol. The monoisotopic (exact) mass is 741 g/mol. The highest BCUT2D eigenvalue weighted by molar-refractivity contribution is 5.89. The van der Waals surface area contributed by atoms with Gasteiger partial charge in [0.15, 0.2) is 12.1 Å². The number of benzene rings is 5. The van der Waals surface area contributed by atoms with E-state index in [-0.39, 0.29) is 24.8 Å². The Balaban J connectivity index is 0.885. The van der Waals surface area contributed by atoms with Crippen LogP contribution in [-0.4, -0.2) is 60.8 Å². The first-order valence-corrected chi connectivity index (χ1v) is 19.1. The first kappa shape index (κ1) is 36.9. The maximum Gasteiger partial charge on any atom is 0.319 e. The summed E-state index contributed by atoms with van der Waals surface area (Å²) in [6.45, 7) is 4.32. The normalized spacial score (nSPS) is 20.9. The van der Waals surface area contributed by atoms with Gasteiger partial charge in [-0.2, -0.15) is 0 Å². The van der Waals surface area contributed by atoms with Crippen LogP contribution in [0.1, 0.15) is 53.9 Å². The van der Waals surface area contributed by atoms with Gasteiger partial charge in [0.2, 0.25) is 0 Å². The van der Waals surface area contributed by atoms with Gasteiger partial charge in [-0.1, -0.05) is 84.9 Å². The van der Waals surface area contributed by atoms with Gasteiger partial charge in [0.05, 0.1) is 32.0 Å². The molecule has 3 atom stereocenters. The molecule has 3 N–H and O–H groups in total. The molecule has 0 unspecified atom stereocenters. The van der Waals surface area contributed by atoms with Crippen LogP contribution >= 0.6 is 0 Å². The molecule has 10 nitrogen and oxygen atoms in total. The molecule has 0 aliphatic carbocycles. The molecule has 10 heteroatoms. The van der Waals surface area contributed by atoms with Crippen LogP contribution < -0.4 is 15.4 Å². The molecule has 55 heavy (non-hydrogen) atoms. The Bertz CT molecular complexity index is 1990. The van der Waals surface area contributed by atoms with Crippen molar-refractivity contribution >= 4 is 11.7 Å². The number of ether oxygens (including phenoxy) is 5. The Labute approximate surface area is 321 Å². The highest BCUT2D eigenvalue weighted by Gasteiger charge is 2.41. The fourth-order valence-electron chi connectivity index (χ4n) is 7.47. The van der Waals surface area contributed by atoms with Gasteiger partial charge in [0, 0.05) is 56.7 Å². The van der Waals surface area contributed by atoms with Crippen LogP contribution in [0.5, 0.6) is 11.5 Å². The van der Waals surface area contributed by atoms with E-state index in [2.05, 4.69) is 51.9 Å². The number of aliphatic hydroxyl groups is 1. The summed E-state index contributed by atoms with van der Waals surface area (Å²) in [4.78, 5) is 15.2. The Morgan fingerprint density at radius 2 is 1.45 bits per heavy atom. The van der Waals surface area contributed by atoms with Crippen LogP contribution in [0.4, 0.5) is 10.5 Å². The molecule has 3 aliphatic rings. The van der Waals surface area contributed by atoms with Crippen LogP contribution in [0.2, 0.25) is 0 Å². The second-order valence-corrected chi connectivity index (χ2v) is 14.3. The molecular formula is C45H47N3O7. The molecule has 5 aromatic carbocycles. The lowest BCUT2D eigenvalue weighted by Gasteiger charge is -2.41. The summed E-state index contributed by atoms with van der Waals surface area (Å²) in [5.74, 6) is 1.03. The molecule has 3 saturated heterocycles. The molecule has 0 bridgehead atoms. The quantitative estimate of drug-likeness (QED) is 0.124. The van der Waals surface area contributed by atoms with E-state index in [1.54, 1.807) is 0 Å². The summed E-state index contributed by atoms with van der Waals surface area (Å²) in [6, 6.07) is 41.0. The minimum Gasteiger partial charge on any atom is -0.457 e. The molecule has 2 amide bonds. The molecule has 0 saturated carbocycles. The number of likely N-dealkylation sites (tertiary alicyclic amines) is 1. The number of amides is 2. The summed E-state index contributed by atoms with van der Waals surface area (Å²) in [5.41, 5.74) is 6.64. The summed E-state index contributed by atoms with van der Waals surface area (Å²) in [5, 5.41) is 15.4. The van der Waals surface area contributed by atoms with Crippen molar-refractivity contribution in [2.45, 2.75) is 56.7 Å². The molecule has 0 aromatic heterocycles. The maximum atomic E-state index is 12.7. The summed E-state index contributed by atoms with van der Waals surface area (Å²) in [6.07, 6.45) is 1.74. The van der Waals surface area contributed by atoms with E-state index in [1.165, 1.54) is 0 Å². The van der Waals surface area contributed by atoms with Gasteiger partial charge in [-0.3, -0.25) is 0 Å². The standard InChI is InChI=1S/C45H47N3O7/c49-31-32-9-11-35(12-10-32)42-28-41(30-48-23-21-45(22-24-48)51-25-26-52-45)54-43(55-42)36-15-13-34(14-16-36)37-6-4-5-33(27-37)29-46-44(50)47-38-17-19-40(20-18-38)53-39-7-2-1-3-8-39/h1-20,27,41-43,49H,21-26,28-31H2,(H2,46,47,50)/t41-,42+,43+/m1/s1. The van der Waals surface area contributed by atoms with Crippen molar-refractivity contribution in [2.24, 2.45) is 0 Å². The highest BCUT2D eigenvalue weighted by atomic mass is 16.7. The average Bonchev–Trinajstić information content (AvgIpc) is 3.70. The number of hydrogen-bond donors (Lipinski definition) is 3. The van der Waals surface area contributed by atoms with E-state index < -0.39 is 12.1 Å². The zero-order chi connectivity index (χ0) is 37.5. The van der Waals surface area contributed by atoms with E-state index in [9.17, 15) is 9.90 Å². The molecule has 1 spiro atoms. The second-order valence-electron chi connectivity index (χ2n) is 14.3. The second kappa shape index (κ2) is 17.2. The van der Waals surface area contributed by atoms with Crippen LogP contribution in [0, 0.1) is 0 Å². The van der Waals surface area contributed by atoms with Crippen molar-refractivity contribution in [3.05, 3.63) is 150 Å². The fraction of sp³-hybridized carbons (Fsp3) is 0.311. The number of nitrogens with one attached hydrogen (secondary N) is 2. The number of carbonyl (C=O) groups excluding carboxylic acids is 1. The third-order valence-electron chi connectivity index (χ3n) is 10.5. The van der Waals surface area contributed by atoms with Gasteiger partial charge in [-0.05, 0) is 70.3 Å². The van der Waals surface area contributed by atoms with Crippen LogP contribution in [-0.2, 0) is 32.1 Å². The summed E-state index contributed by atoms with van der Waals surface area (Å²) in [7, 11) is 0. The molecule has 284 valence electrons. The highest BCUT2D eigenvalue weighted by Crippen LogP contribution is 2.39. The zero-order valence-corrected chi connectivity index (χ0v) is 30.8. The van der Waals surface area contributed by atoms with E-state index >= 15 is 0 Å². The number of piperidine rings is 1. The van der Waals surface area contributed by atoms with Gasteiger partial charge in [0.1, 0.15) is 11.5 Å². The van der Waals surface area contributed by atoms with Crippen molar-refractivity contribution in [3.8, 4) is 22.6 Å². The maximum absolute atomic E-state index is 12.7. The first-order chi connectivity index (χ1) is 27.0. The smallest absolute Gasteiger partial charge is 0.319 e. The fourth-order valence-corrected chi connectivity index (χ4v) is 7.47. The Morgan fingerprint density at radius 1 is 0.745 bits per heavy atom. The van der Waals surface area contributed by atoms with E-state index in [0.29, 0.717) is 31.2 Å². The molecule has 5 aromatic rings. The van der Waals surface area contributed by atoms with E-state index in [1.807, 2.05) is 91.0 Å². The first-order valence-electron chi connectivity index (χ1n) is 19.1. The molecule has 3 heterocycles. The average molecular weight is 742 g/mol. The van der Waals surface area contributed by atoms with Crippen molar-refractivity contribution < 1.29 is 33.6 Å². The number of urea groups is 1. The summed E-state index contributed by atoms with van der Waals surface area (Å²) < 4.78 is 31.0. The molecule has 3 fully saturated rings. The number of anilines is 1. The Hall–Kier alpha value is -5.07. The third-order valence-corrected chi connectivity index (χ3v) is 10.5. The third kappa shape index (κ3) is 9.42. The number of rotatable bonds is 11. The number of nitrogens with zero attached hydrogens (tertiary/aromatic N) is 1. The predicted octanol–water partition coefficient (Wildman–Crippen LogP) is 8.34.